The first-order valence-corrected chi connectivity index (χ1v) is 8.40. The van der Waals surface area contributed by atoms with E-state index in [-0.39, 0.29) is 11.6 Å². The molecule has 0 atom stereocenters. The average molecular weight is 399 g/mol. The van der Waals surface area contributed by atoms with Crippen LogP contribution in [0.4, 0.5) is 41.9 Å². The largest absolute Gasteiger partial charge is 0.416 e. The van der Waals surface area contributed by atoms with Gasteiger partial charge in [-0.05, 0) is 42.5 Å². The van der Waals surface area contributed by atoms with E-state index >= 15 is 0 Å². The standard InChI is InChI=1S/C20H16F3N5O/c1-2-19(29)28-16-8-4-7-15(10-16)27-18-11-17(24-12-25-18)26-14-6-3-5-13(9-14)20(21,22)23/h2-12H,1H2,(H,28,29)(H2,24,25,26,27). The Morgan fingerprint density at radius 1 is 0.897 bits per heavy atom. The lowest BCUT2D eigenvalue weighted by atomic mass is 10.2. The van der Waals surface area contributed by atoms with Crippen LogP contribution in [0.2, 0.25) is 0 Å². The van der Waals surface area contributed by atoms with Gasteiger partial charge >= 0.3 is 6.18 Å². The number of carbonyl (C=O) groups is 1. The zero-order chi connectivity index (χ0) is 20.9. The second-order valence-corrected chi connectivity index (χ2v) is 5.89. The summed E-state index contributed by atoms with van der Waals surface area (Å²) in [7, 11) is 0. The fourth-order valence-electron chi connectivity index (χ4n) is 2.43. The van der Waals surface area contributed by atoms with E-state index in [0.29, 0.717) is 23.0 Å². The van der Waals surface area contributed by atoms with Crippen molar-refractivity contribution in [2.45, 2.75) is 6.18 Å². The first kappa shape index (κ1) is 19.9. The smallest absolute Gasteiger partial charge is 0.340 e. The highest BCUT2D eigenvalue weighted by Crippen LogP contribution is 2.31. The fraction of sp³-hybridized carbons (Fsp3) is 0.0500. The van der Waals surface area contributed by atoms with E-state index in [1.165, 1.54) is 18.5 Å². The van der Waals surface area contributed by atoms with E-state index in [1.807, 2.05) is 0 Å². The highest BCUT2D eigenvalue weighted by atomic mass is 19.4. The zero-order valence-corrected chi connectivity index (χ0v) is 15.0. The summed E-state index contributed by atoms with van der Waals surface area (Å²) in [6, 6.07) is 13.3. The molecule has 0 aliphatic heterocycles. The van der Waals surface area contributed by atoms with Crippen LogP contribution < -0.4 is 16.0 Å². The topological polar surface area (TPSA) is 78.9 Å². The Balaban J connectivity index is 1.74. The van der Waals surface area contributed by atoms with E-state index < -0.39 is 11.7 Å². The monoisotopic (exact) mass is 399 g/mol. The van der Waals surface area contributed by atoms with Crippen LogP contribution in [-0.4, -0.2) is 15.9 Å². The van der Waals surface area contributed by atoms with Gasteiger partial charge in [-0.3, -0.25) is 4.79 Å². The molecule has 0 unspecified atom stereocenters. The zero-order valence-electron chi connectivity index (χ0n) is 15.0. The van der Waals surface area contributed by atoms with Gasteiger partial charge in [0.25, 0.3) is 0 Å². The van der Waals surface area contributed by atoms with Crippen LogP contribution in [0.25, 0.3) is 0 Å². The summed E-state index contributed by atoms with van der Waals surface area (Å²) in [4.78, 5) is 19.5. The van der Waals surface area contributed by atoms with Gasteiger partial charge in [0.05, 0.1) is 5.56 Å². The molecule has 148 valence electrons. The molecule has 3 rings (SSSR count). The number of hydrogen-bond donors (Lipinski definition) is 3. The number of benzene rings is 2. The van der Waals surface area contributed by atoms with Crippen LogP contribution in [0.3, 0.4) is 0 Å². The lowest BCUT2D eigenvalue weighted by Gasteiger charge is -2.11. The van der Waals surface area contributed by atoms with Gasteiger partial charge in [0.15, 0.2) is 0 Å². The van der Waals surface area contributed by atoms with Crippen molar-refractivity contribution >= 4 is 34.6 Å². The van der Waals surface area contributed by atoms with Crippen molar-refractivity contribution in [1.82, 2.24) is 9.97 Å². The van der Waals surface area contributed by atoms with Gasteiger partial charge in [0.2, 0.25) is 5.91 Å². The molecule has 0 bridgehead atoms. The molecule has 2 aromatic carbocycles. The minimum absolute atomic E-state index is 0.249. The number of halogens is 3. The molecular formula is C20H16F3N5O. The Bertz CT molecular complexity index is 1040. The lowest BCUT2D eigenvalue weighted by Crippen LogP contribution is -2.07. The van der Waals surface area contributed by atoms with Crippen LogP contribution in [-0.2, 0) is 11.0 Å². The Hall–Kier alpha value is -3.88. The third kappa shape index (κ3) is 5.55. The normalized spacial score (nSPS) is 10.9. The number of rotatable bonds is 6. The first-order chi connectivity index (χ1) is 13.8. The van der Waals surface area contributed by atoms with Crippen LogP contribution in [0.15, 0.2) is 73.6 Å². The second kappa shape index (κ2) is 8.42. The predicted molar refractivity (Wildman–Crippen MR) is 105 cm³/mol. The van der Waals surface area contributed by atoms with E-state index in [1.54, 1.807) is 30.3 Å². The summed E-state index contributed by atoms with van der Waals surface area (Å²) in [6.07, 6.45) is -1.99. The molecular weight excluding hydrogens is 383 g/mol. The fourth-order valence-corrected chi connectivity index (χ4v) is 2.43. The first-order valence-electron chi connectivity index (χ1n) is 8.40. The number of carbonyl (C=O) groups excluding carboxylic acids is 1. The van der Waals surface area contributed by atoms with Gasteiger partial charge in [-0.1, -0.05) is 18.7 Å². The maximum atomic E-state index is 12.9. The van der Waals surface area contributed by atoms with Gasteiger partial charge in [-0.2, -0.15) is 13.2 Å². The van der Waals surface area contributed by atoms with Crippen molar-refractivity contribution in [3.8, 4) is 0 Å². The molecule has 0 fully saturated rings. The highest BCUT2D eigenvalue weighted by Gasteiger charge is 2.30. The molecule has 0 radical (unpaired) electrons. The minimum atomic E-state index is -4.43. The maximum Gasteiger partial charge on any atom is 0.416 e. The van der Waals surface area contributed by atoms with E-state index in [4.69, 9.17) is 0 Å². The average Bonchev–Trinajstić information content (AvgIpc) is 2.68. The number of nitrogens with zero attached hydrogens (tertiary/aromatic N) is 2. The number of aromatic nitrogens is 2. The summed E-state index contributed by atoms with van der Waals surface area (Å²) in [6.45, 7) is 3.40. The van der Waals surface area contributed by atoms with E-state index in [9.17, 15) is 18.0 Å². The molecule has 0 saturated carbocycles. The number of amides is 1. The quantitative estimate of drug-likeness (QED) is 0.502. The Morgan fingerprint density at radius 2 is 1.48 bits per heavy atom. The van der Waals surface area contributed by atoms with Crippen molar-refractivity contribution in [2.75, 3.05) is 16.0 Å². The summed E-state index contributed by atoms with van der Waals surface area (Å²) in [5.74, 6) is 0.399. The van der Waals surface area contributed by atoms with E-state index in [0.717, 1.165) is 18.2 Å². The minimum Gasteiger partial charge on any atom is -0.340 e. The second-order valence-electron chi connectivity index (χ2n) is 5.89. The van der Waals surface area contributed by atoms with Gasteiger partial charge in [-0.15, -0.1) is 0 Å². The molecule has 29 heavy (non-hydrogen) atoms. The summed E-state index contributed by atoms with van der Waals surface area (Å²) in [5.41, 5.74) is 0.707. The number of anilines is 5. The van der Waals surface area contributed by atoms with Crippen molar-refractivity contribution in [2.24, 2.45) is 0 Å². The van der Waals surface area contributed by atoms with Gasteiger partial charge in [0.1, 0.15) is 18.0 Å². The molecule has 1 amide bonds. The van der Waals surface area contributed by atoms with Crippen LogP contribution in [0, 0.1) is 0 Å². The van der Waals surface area contributed by atoms with Crippen LogP contribution in [0.1, 0.15) is 5.56 Å². The molecule has 0 spiro atoms. The summed E-state index contributed by atoms with van der Waals surface area (Å²) in [5, 5.41) is 8.52. The molecule has 0 saturated heterocycles. The number of alkyl halides is 3. The number of nitrogens with one attached hydrogen (secondary N) is 3. The maximum absolute atomic E-state index is 12.9. The molecule has 1 heterocycles. The molecule has 0 aliphatic rings. The van der Waals surface area contributed by atoms with Crippen molar-refractivity contribution in [3.05, 3.63) is 79.1 Å². The van der Waals surface area contributed by atoms with Crippen molar-refractivity contribution < 1.29 is 18.0 Å². The third-order valence-electron chi connectivity index (χ3n) is 3.72. The predicted octanol–water partition coefficient (Wildman–Crippen LogP) is 5.11. The van der Waals surface area contributed by atoms with Crippen LogP contribution >= 0.6 is 0 Å². The third-order valence-corrected chi connectivity index (χ3v) is 3.72. The van der Waals surface area contributed by atoms with Gasteiger partial charge < -0.3 is 16.0 Å². The molecule has 3 aromatic rings. The SMILES string of the molecule is C=CC(=O)Nc1cccc(Nc2cc(Nc3cccc(C(F)(F)F)c3)ncn2)c1. The Labute approximate surface area is 164 Å². The molecule has 0 aliphatic carbocycles. The Kier molecular flexibility index (Phi) is 5.77. The lowest BCUT2D eigenvalue weighted by molar-refractivity contribution is -0.137. The summed E-state index contributed by atoms with van der Waals surface area (Å²) >= 11 is 0. The van der Waals surface area contributed by atoms with E-state index in [2.05, 4.69) is 32.5 Å². The van der Waals surface area contributed by atoms with Crippen molar-refractivity contribution in [1.29, 1.82) is 0 Å². The summed E-state index contributed by atoms with van der Waals surface area (Å²) < 4.78 is 38.6. The van der Waals surface area contributed by atoms with Crippen molar-refractivity contribution in [3.63, 3.8) is 0 Å². The van der Waals surface area contributed by atoms with Gasteiger partial charge in [0, 0.05) is 23.1 Å². The Morgan fingerprint density at radius 3 is 2.10 bits per heavy atom. The number of hydrogen-bond acceptors (Lipinski definition) is 5. The van der Waals surface area contributed by atoms with Gasteiger partial charge in [-0.25, -0.2) is 9.97 Å². The van der Waals surface area contributed by atoms with Crippen LogP contribution in [0.5, 0.6) is 0 Å². The highest BCUT2D eigenvalue weighted by molar-refractivity contribution is 5.99. The molecule has 6 nitrogen and oxygen atoms in total. The molecule has 1 aromatic heterocycles. The molecule has 9 heteroatoms. The molecule has 3 N–H and O–H groups in total.